The first kappa shape index (κ1) is 30.2. The van der Waals surface area contributed by atoms with Crippen molar-refractivity contribution < 1.29 is 60.2 Å². The van der Waals surface area contributed by atoms with Gasteiger partial charge >= 0.3 is 6.09 Å². The van der Waals surface area contributed by atoms with Crippen LogP contribution < -0.4 is 4.90 Å². The van der Waals surface area contributed by atoms with Gasteiger partial charge in [0.1, 0.15) is 23.8 Å². The summed E-state index contributed by atoms with van der Waals surface area (Å²) < 4.78 is 82.4. The van der Waals surface area contributed by atoms with E-state index in [1.54, 1.807) is 0 Å². The second-order valence-electron chi connectivity index (χ2n) is 10.6. The molecule has 1 N–H and O–H groups in total. The molecule has 0 radical (unpaired) electrons. The largest absolute Gasteiger partial charge is 0.463 e. The Morgan fingerprint density at radius 1 is 0.977 bits per heavy atom. The fraction of sp³-hybridized carbons (Fsp3) is 0.370. The van der Waals surface area contributed by atoms with E-state index in [4.69, 9.17) is 27.6 Å². The van der Waals surface area contributed by atoms with Gasteiger partial charge in [-0.1, -0.05) is 11.6 Å². The molecule has 2 aromatic rings. The van der Waals surface area contributed by atoms with E-state index in [2.05, 4.69) is 4.74 Å². The van der Waals surface area contributed by atoms with E-state index in [0.717, 1.165) is 7.11 Å². The number of rotatable bonds is 3. The lowest BCUT2D eigenvalue weighted by Crippen LogP contribution is -2.60. The number of fused-ring (bicyclic) bond motifs is 4. The fourth-order valence-corrected chi connectivity index (χ4v) is 7.70. The summed E-state index contributed by atoms with van der Waals surface area (Å²) in [6.07, 6.45) is -0.786. The molecular weight excluding hydrogens is 646 g/mol. The van der Waals surface area contributed by atoms with Crippen LogP contribution in [0.1, 0.15) is 30.3 Å². The summed E-state index contributed by atoms with van der Waals surface area (Å²) in [5.74, 6) is -23.4. The highest BCUT2D eigenvalue weighted by molar-refractivity contribution is 6.58. The Morgan fingerprint density at radius 2 is 1.59 bits per heavy atom. The van der Waals surface area contributed by atoms with Gasteiger partial charge in [0.2, 0.25) is 17.6 Å². The predicted molar refractivity (Wildman–Crippen MR) is 135 cm³/mol. The van der Waals surface area contributed by atoms with Gasteiger partial charge in [-0.2, -0.15) is 4.90 Å². The molecule has 17 heteroatoms. The zero-order chi connectivity index (χ0) is 32.2. The topological polar surface area (TPSA) is 134 Å². The highest BCUT2D eigenvalue weighted by atomic mass is 35.5. The standard InChI is InChI=1S/C27H17Cl2F5N2O8/c1-43-25(42)36-21(38)10-4-3-9-11(13(10)22(36)39)6-26(28)23(40)35(20-18(33)16(31)15(30)17(32)19(20)34)24(41)27(26,29)14(9)12-5-2-8(7-37)44-12/h2-3,5,10-11,13-14,37H,4,6-7H2,1H3/t10-,11+,13-,14+,26+,27-/m0/s1. The summed E-state index contributed by atoms with van der Waals surface area (Å²) in [7, 11) is 0.938. The minimum atomic E-state index is -2.76. The number of methoxy groups -OCH3 is 1. The summed E-state index contributed by atoms with van der Waals surface area (Å²) >= 11 is 13.8. The van der Waals surface area contributed by atoms with Crippen LogP contribution in [0.3, 0.4) is 0 Å². The number of aliphatic hydroxyl groups excluding tert-OH is 1. The number of ether oxygens (including phenoxy) is 1. The summed E-state index contributed by atoms with van der Waals surface area (Å²) in [6.45, 7) is -0.647. The SMILES string of the molecule is COC(=O)N1C(=O)[C@H]2[C@H](CC=C3[C@H]2C[C@@]2(Cl)C(=O)N(c4c(F)c(F)c(F)c(F)c4F)C(=O)[C@@]2(Cl)[C@H]3c2ccc(CO)o2)C1=O. The van der Waals surface area contributed by atoms with Crippen LogP contribution in [0.2, 0.25) is 0 Å². The number of anilines is 1. The third-order valence-electron chi connectivity index (χ3n) is 8.70. The van der Waals surface area contributed by atoms with Gasteiger partial charge in [-0.3, -0.25) is 19.2 Å². The number of carbonyl (C=O) groups excluding carboxylic acids is 5. The maximum absolute atomic E-state index is 15.0. The Balaban J connectivity index is 1.58. The minimum Gasteiger partial charge on any atom is -0.463 e. The lowest BCUT2D eigenvalue weighted by Gasteiger charge is -2.49. The van der Waals surface area contributed by atoms with E-state index >= 15 is 0 Å². The third kappa shape index (κ3) is 3.54. The molecule has 6 rings (SSSR count). The Kier molecular flexibility index (Phi) is 6.76. The molecule has 44 heavy (non-hydrogen) atoms. The van der Waals surface area contributed by atoms with Crippen LogP contribution in [0.5, 0.6) is 0 Å². The van der Waals surface area contributed by atoms with Gasteiger partial charge in [-0.05, 0) is 30.9 Å². The van der Waals surface area contributed by atoms with Gasteiger partial charge in [0.15, 0.2) is 33.0 Å². The van der Waals surface area contributed by atoms with Crippen molar-refractivity contribution in [1.82, 2.24) is 4.90 Å². The number of hydrogen-bond acceptors (Lipinski definition) is 8. The van der Waals surface area contributed by atoms with Crippen molar-refractivity contribution in [3.05, 3.63) is 64.4 Å². The van der Waals surface area contributed by atoms with Crippen LogP contribution in [0.25, 0.3) is 0 Å². The molecule has 2 aliphatic carbocycles. The lowest BCUT2D eigenvalue weighted by atomic mass is 9.57. The van der Waals surface area contributed by atoms with Crippen LogP contribution in [0.4, 0.5) is 32.4 Å². The Bertz CT molecular complexity index is 1720. The third-order valence-corrected chi connectivity index (χ3v) is 10.1. The molecule has 6 atom stereocenters. The van der Waals surface area contributed by atoms with E-state index < -0.39 is 111 Å². The van der Waals surface area contributed by atoms with Crippen LogP contribution in [-0.2, 0) is 30.5 Å². The van der Waals surface area contributed by atoms with E-state index in [-0.39, 0.29) is 33.3 Å². The first-order chi connectivity index (χ1) is 20.7. The number of likely N-dealkylation sites (tertiary alicyclic amines) is 1. The Labute approximate surface area is 252 Å². The molecule has 0 spiro atoms. The summed E-state index contributed by atoms with van der Waals surface area (Å²) in [6, 6.07) is 2.52. The van der Waals surface area contributed by atoms with Gasteiger partial charge in [0, 0.05) is 0 Å². The number of imide groups is 4. The molecule has 3 fully saturated rings. The predicted octanol–water partition coefficient (Wildman–Crippen LogP) is 3.80. The number of hydrogen-bond donors (Lipinski definition) is 1. The molecule has 232 valence electrons. The zero-order valence-electron chi connectivity index (χ0n) is 22.0. The van der Waals surface area contributed by atoms with Gasteiger partial charge in [0.05, 0.1) is 24.9 Å². The first-order valence-corrected chi connectivity index (χ1v) is 13.6. The minimum absolute atomic E-state index is 0.0609. The van der Waals surface area contributed by atoms with Crippen LogP contribution in [0.15, 0.2) is 28.2 Å². The van der Waals surface area contributed by atoms with Gasteiger partial charge in [0.25, 0.3) is 11.8 Å². The smallest absolute Gasteiger partial charge is 0.423 e. The molecule has 2 saturated heterocycles. The first-order valence-electron chi connectivity index (χ1n) is 12.8. The van der Waals surface area contributed by atoms with Crippen molar-refractivity contribution >= 4 is 58.6 Å². The molecule has 10 nitrogen and oxygen atoms in total. The van der Waals surface area contributed by atoms with Crippen molar-refractivity contribution in [3.63, 3.8) is 0 Å². The quantitative estimate of drug-likeness (QED) is 0.131. The van der Waals surface area contributed by atoms with Gasteiger partial charge in [-0.25, -0.2) is 31.6 Å². The number of halogens is 7. The highest BCUT2D eigenvalue weighted by Crippen LogP contribution is 2.66. The van der Waals surface area contributed by atoms with Crippen LogP contribution in [0, 0.1) is 46.8 Å². The zero-order valence-corrected chi connectivity index (χ0v) is 23.5. The number of alkyl halides is 2. The Hall–Kier alpha value is -3.82. The number of nitrogens with zero attached hydrogens (tertiary/aromatic N) is 2. The van der Waals surface area contributed by atoms with E-state index in [1.165, 1.54) is 18.2 Å². The van der Waals surface area contributed by atoms with Crippen molar-refractivity contribution in [1.29, 1.82) is 0 Å². The highest BCUT2D eigenvalue weighted by Gasteiger charge is 2.77. The number of carbonyl (C=O) groups is 5. The summed E-state index contributed by atoms with van der Waals surface area (Å²) in [4.78, 5) is 61.3. The number of aliphatic hydroxyl groups is 1. The number of amides is 5. The molecule has 2 aliphatic heterocycles. The molecule has 1 aromatic carbocycles. The molecule has 4 aliphatic rings. The average molecular weight is 663 g/mol. The van der Waals surface area contributed by atoms with Crippen molar-refractivity contribution in [3.8, 4) is 0 Å². The molecule has 5 amide bonds. The molecule has 1 aromatic heterocycles. The second kappa shape index (κ2) is 9.84. The maximum atomic E-state index is 15.0. The average Bonchev–Trinajstić information content (AvgIpc) is 3.62. The molecule has 3 heterocycles. The molecule has 0 bridgehead atoms. The molecular formula is C27H17Cl2F5N2O8. The summed E-state index contributed by atoms with van der Waals surface area (Å²) in [5.41, 5.74) is -1.80. The molecule has 1 saturated carbocycles. The molecule has 0 unspecified atom stereocenters. The van der Waals surface area contributed by atoms with E-state index in [9.17, 15) is 51.0 Å². The maximum Gasteiger partial charge on any atom is 0.423 e. The second-order valence-corrected chi connectivity index (χ2v) is 11.9. The van der Waals surface area contributed by atoms with Crippen LogP contribution in [-0.4, -0.2) is 56.6 Å². The lowest BCUT2D eigenvalue weighted by molar-refractivity contribution is -0.138. The number of benzene rings is 1. The van der Waals surface area contributed by atoms with Gasteiger partial charge in [-0.15, -0.1) is 23.2 Å². The van der Waals surface area contributed by atoms with E-state index in [0.29, 0.717) is 0 Å². The normalized spacial score (nSPS) is 31.2. The van der Waals surface area contributed by atoms with Gasteiger partial charge < -0.3 is 14.3 Å². The Morgan fingerprint density at radius 3 is 2.16 bits per heavy atom. The van der Waals surface area contributed by atoms with Crippen molar-refractivity contribution in [2.75, 3.05) is 12.0 Å². The number of furan rings is 1. The van der Waals surface area contributed by atoms with Crippen LogP contribution >= 0.6 is 23.2 Å². The van der Waals surface area contributed by atoms with Crippen molar-refractivity contribution in [2.45, 2.75) is 35.1 Å². The summed E-state index contributed by atoms with van der Waals surface area (Å²) in [5, 5.41) is 9.58. The number of allylic oxidation sites excluding steroid dienone is 2. The van der Waals surface area contributed by atoms with Crippen molar-refractivity contribution in [2.24, 2.45) is 17.8 Å². The fourth-order valence-electron chi connectivity index (χ4n) is 6.78. The monoisotopic (exact) mass is 662 g/mol. The van der Waals surface area contributed by atoms with E-state index in [1.807, 2.05) is 0 Å².